The van der Waals surface area contributed by atoms with Crippen LogP contribution in [0.2, 0.25) is 0 Å². The minimum absolute atomic E-state index is 0.0230. The smallest absolute Gasteiger partial charge is 0.264 e. The molecule has 1 unspecified atom stereocenters. The minimum atomic E-state index is -0.261. The van der Waals surface area contributed by atoms with Crippen molar-refractivity contribution in [3.8, 4) is 0 Å². The van der Waals surface area contributed by atoms with E-state index in [1.165, 1.54) is 16.5 Å². The normalized spacial score (nSPS) is 16.6. The Kier molecular flexibility index (Phi) is 4.33. The third kappa shape index (κ3) is 3.00. The average molecular weight is 379 g/mol. The first kappa shape index (κ1) is 18.4. The summed E-state index contributed by atoms with van der Waals surface area (Å²) in [5.41, 5.74) is 2.32. The van der Waals surface area contributed by atoms with Gasteiger partial charge in [-0.05, 0) is 45.7 Å². The van der Waals surface area contributed by atoms with E-state index in [1.54, 1.807) is 10.9 Å². The number of fused-ring (bicyclic) bond motifs is 2. The number of carbonyl (C=O) groups excluding carboxylic acids is 1. The summed E-state index contributed by atoms with van der Waals surface area (Å²) in [5, 5.41) is 4.80. The van der Waals surface area contributed by atoms with Crippen LogP contribution in [0, 0.1) is 0 Å². The molecule has 7 nitrogen and oxygen atoms in total. The van der Waals surface area contributed by atoms with Gasteiger partial charge in [0.2, 0.25) is 5.91 Å². The summed E-state index contributed by atoms with van der Waals surface area (Å²) >= 11 is 0. The summed E-state index contributed by atoms with van der Waals surface area (Å²) in [6.45, 7) is 8.40. The molecule has 0 fully saturated rings. The Morgan fingerprint density at radius 1 is 1.25 bits per heavy atom. The number of rotatable bonds is 3. The van der Waals surface area contributed by atoms with Crippen molar-refractivity contribution in [2.24, 2.45) is 0 Å². The molecule has 1 amide bonds. The first-order chi connectivity index (χ1) is 13.3. The number of anilines is 1. The number of nitrogens with zero attached hydrogens (tertiary/aromatic N) is 5. The molecule has 146 valence electrons. The van der Waals surface area contributed by atoms with E-state index in [2.05, 4.69) is 23.1 Å². The van der Waals surface area contributed by atoms with Crippen LogP contribution in [0.1, 0.15) is 39.7 Å². The van der Waals surface area contributed by atoms with Gasteiger partial charge >= 0.3 is 0 Å². The first-order valence-electron chi connectivity index (χ1n) is 9.61. The molecule has 0 saturated heterocycles. The summed E-state index contributed by atoms with van der Waals surface area (Å²) in [5.74, 6) is 0.0230. The van der Waals surface area contributed by atoms with Gasteiger partial charge in [-0.1, -0.05) is 18.2 Å². The lowest BCUT2D eigenvalue weighted by atomic mass is 10.1. The predicted octanol–water partition coefficient (Wildman–Crippen LogP) is 2.72. The molecule has 0 N–H and O–H groups in total. The molecule has 1 aliphatic heterocycles. The summed E-state index contributed by atoms with van der Waals surface area (Å²) in [4.78, 5) is 32.0. The van der Waals surface area contributed by atoms with E-state index in [4.69, 9.17) is 0 Å². The van der Waals surface area contributed by atoms with Crippen molar-refractivity contribution in [2.45, 2.75) is 58.7 Å². The van der Waals surface area contributed by atoms with E-state index in [0.29, 0.717) is 17.6 Å². The van der Waals surface area contributed by atoms with Crippen LogP contribution in [0.3, 0.4) is 0 Å². The first-order valence-corrected chi connectivity index (χ1v) is 9.61. The van der Waals surface area contributed by atoms with Crippen LogP contribution < -0.4 is 10.5 Å². The van der Waals surface area contributed by atoms with Crippen LogP contribution in [0.5, 0.6) is 0 Å². The molecule has 0 bridgehead atoms. The number of carbonyl (C=O) groups is 1. The molecule has 0 aliphatic carbocycles. The summed E-state index contributed by atoms with van der Waals surface area (Å²) in [6, 6.07) is 8.13. The maximum atomic E-state index is 12.9. The number of para-hydroxylation sites is 1. The molecule has 1 aromatic carbocycles. The van der Waals surface area contributed by atoms with Crippen molar-refractivity contribution in [3.05, 3.63) is 52.7 Å². The highest BCUT2D eigenvalue weighted by atomic mass is 16.2. The highest BCUT2D eigenvalue weighted by molar-refractivity contribution is 5.96. The van der Waals surface area contributed by atoms with E-state index in [1.807, 2.05) is 43.9 Å². The van der Waals surface area contributed by atoms with Gasteiger partial charge in [0, 0.05) is 24.7 Å². The van der Waals surface area contributed by atoms with Gasteiger partial charge < -0.3 is 4.90 Å². The van der Waals surface area contributed by atoms with Crippen molar-refractivity contribution < 1.29 is 4.79 Å². The predicted molar refractivity (Wildman–Crippen MR) is 108 cm³/mol. The molecule has 0 spiro atoms. The maximum absolute atomic E-state index is 12.9. The number of amides is 1. The highest BCUT2D eigenvalue weighted by Gasteiger charge is 2.30. The van der Waals surface area contributed by atoms with Gasteiger partial charge in [-0.2, -0.15) is 5.10 Å². The third-order valence-electron chi connectivity index (χ3n) is 5.23. The fraction of sp³-hybridized carbons (Fsp3) is 0.429. The highest BCUT2D eigenvalue weighted by Crippen LogP contribution is 2.32. The molecule has 3 aromatic rings. The molecule has 28 heavy (non-hydrogen) atoms. The van der Waals surface area contributed by atoms with E-state index in [9.17, 15) is 9.59 Å². The van der Waals surface area contributed by atoms with Crippen LogP contribution in [-0.4, -0.2) is 31.3 Å². The van der Waals surface area contributed by atoms with Gasteiger partial charge in [-0.15, -0.1) is 0 Å². The number of hydrogen-bond donors (Lipinski definition) is 0. The van der Waals surface area contributed by atoms with E-state index in [0.717, 1.165) is 12.1 Å². The van der Waals surface area contributed by atoms with E-state index in [-0.39, 0.29) is 29.5 Å². The zero-order valence-electron chi connectivity index (χ0n) is 16.7. The topological polar surface area (TPSA) is 73.0 Å². The second-order valence-corrected chi connectivity index (χ2v) is 8.40. The van der Waals surface area contributed by atoms with Crippen molar-refractivity contribution in [2.75, 3.05) is 4.90 Å². The number of aromatic nitrogens is 4. The lowest BCUT2D eigenvalue weighted by Crippen LogP contribution is -2.36. The Morgan fingerprint density at radius 2 is 2.00 bits per heavy atom. The second kappa shape index (κ2) is 6.58. The molecule has 3 heterocycles. The van der Waals surface area contributed by atoms with Gasteiger partial charge in [0.25, 0.3) is 5.56 Å². The molecule has 0 radical (unpaired) electrons. The van der Waals surface area contributed by atoms with E-state index >= 15 is 0 Å². The van der Waals surface area contributed by atoms with Crippen LogP contribution >= 0.6 is 0 Å². The fourth-order valence-electron chi connectivity index (χ4n) is 3.88. The Morgan fingerprint density at radius 3 is 2.75 bits per heavy atom. The Bertz CT molecular complexity index is 1110. The molecule has 7 heteroatoms. The molecule has 1 atom stereocenters. The Balaban J connectivity index is 1.56. The maximum Gasteiger partial charge on any atom is 0.264 e. The SMILES string of the molecule is CC1Cc2ccccc2N1C(=O)CCn1cnc2c(cnn2C(C)(C)C)c1=O. The lowest BCUT2D eigenvalue weighted by Gasteiger charge is -2.23. The molecule has 2 aromatic heterocycles. The van der Waals surface area contributed by atoms with Crippen molar-refractivity contribution in [3.63, 3.8) is 0 Å². The number of aryl methyl sites for hydroxylation is 1. The molecule has 4 rings (SSSR count). The largest absolute Gasteiger partial charge is 0.309 e. The van der Waals surface area contributed by atoms with Gasteiger partial charge in [0.05, 0.1) is 18.1 Å². The monoisotopic (exact) mass is 379 g/mol. The summed E-state index contributed by atoms with van der Waals surface area (Å²) in [6.07, 6.45) is 4.19. The zero-order valence-corrected chi connectivity index (χ0v) is 16.7. The van der Waals surface area contributed by atoms with Gasteiger partial charge in [0.1, 0.15) is 5.39 Å². The van der Waals surface area contributed by atoms with Crippen LogP contribution in [-0.2, 0) is 23.3 Å². The van der Waals surface area contributed by atoms with Gasteiger partial charge in [0.15, 0.2) is 5.65 Å². The van der Waals surface area contributed by atoms with Crippen LogP contribution in [0.15, 0.2) is 41.6 Å². The lowest BCUT2D eigenvalue weighted by molar-refractivity contribution is -0.119. The van der Waals surface area contributed by atoms with Crippen LogP contribution in [0.25, 0.3) is 11.0 Å². The van der Waals surface area contributed by atoms with Gasteiger partial charge in [-0.3, -0.25) is 14.2 Å². The van der Waals surface area contributed by atoms with E-state index < -0.39 is 0 Å². The molecular weight excluding hydrogens is 354 g/mol. The van der Waals surface area contributed by atoms with Crippen molar-refractivity contribution >= 4 is 22.6 Å². The standard InChI is InChI=1S/C21H25N5O2/c1-14-11-15-7-5-6-8-17(15)25(14)18(27)9-10-24-13-22-19-16(20(24)28)12-23-26(19)21(2,3)4/h5-8,12-14H,9-11H2,1-4H3. The molecular formula is C21H25N5O2. The summed E-state index contributed by atoms with van der Waals surface area (Å²) < 4.78 is 3.25. The molecule has 0 saturated carbocycles. The van der Waals surface area contributed by atoms with Crippen molar-refractivity contribution in [1.82, 2.24) is 19.3 Å². The Hall–Kier alpha value is -2.96. The summed E-state index contributed by atoms with van der Waals surface area (Å²) in [7, 11) is 0. The quantitative estimate of drug-likeness (QED) is 0.701. The average Bonchev–Trinajstić information content (AvgIpc) is 3.21. The Labute approximate surface area is 163 Å². The number of benzene rings is 1. The number of hydrogen-bond acceptors (Lipinski definition) is 4. The zero-order chi connectivity index (χ0) is 20.1. The molecule has 1 aliphatic rings. The minimum Gasteiger partial charge on any atom is -0.309 e. The fourth-order valence-corrected chi connectivity index (χ4v) is 3.88. The third-order valence-corrected chi connectivity index (χ3v) is 5.23. The van der Waals surface area contributed by atoms with Crippen LogP contribution in [0.4, 0.5) is 5.69 Å². The second-order valence-electron chi connectivity index (χ2n) is 8.40. The van der Waals surface area contributed by atoms with Crippen molar-refractivity contribution in [1.29, 1.82) is 0 Å². The van der Waals surface area contributed by atoms with Gasteiger partial charge in [-0.25, -0.2) is 9.67 Å².